The van der Waals surface area contributed by atoms with Gasteiger partial charge in [-0.25, -0.2) is 4.79 Å². The van der Waals surface area contributed by atoms with Gasteiger partial charge in [0, 0.05) is 45.8 Å². The minimum atomic E-state index is -0.0213. The lowest BCUT2D eigenvalue weighted by Crippen LogP contribution is -2.53. The molecule has 0 radical (unpaired) electrons. The maximum Gasteiger partial charge on any atom is 0.317 e. The first kappa shape index (κ1) is 17.7. The van der Waals surface area contributed by atoms with Gasteiger partial charge in [-0.3, -0.25) is 9.69 Å². The predicted molar refractivity (Wildman–Crippen MR) is 97.2 cm³/mol. The maximum absolute atomic E-state index is 12.3. The van der Waals surface area contributed by atoms with Gasteiger partial charge in [-0.05, 0) is 25.3 Å². The van der Waals surface area contributed by atoms with E-state index in [-0.39, 0.29) is 11.9 Å². The van der Waals surface area contributed by atoms with E-state index in [0.29, 0.717) is 26.2 Å². The first-order valence-corrected chi connectivity index (χ1v) is 9.20. The minimum Gasteiger partial charge on any atom is -0.342 e. The lowest BCUT2D eigenvalue weighted by molar-refractivity contribution is -0.131. The molecule has 25 heavy (non-hydrogen) atoms. The zero-order valence-corrected chi connectivity index (χ0v) is 15.0. The summed E-state index contributed by atoms with van der Waals surface area (Å²) in [6, 6.07) is 8.14. The molecule has 0 spiro atoms. The lowest BCUT2D eigenvalue weighted by atomic mass is 10.1. The molecule has 0 aliphatic carbocycles. The molecule has 3 amide bonds. The Hall–Kier alpha value is -2.08. The number of urea groups is 1. The average Bonchev–Trinajstić information content (AvgIpc) is 3.15. The number of nitrogens with one attached hydrogen (secondary N) is 1. The first-order valence-electron chi connectivity index (χ1n) is 9.20. The highest BCUT2D eigenvalue weighted by Gasteiger charge is 2.25. The Kier molecular flexibility index (Phi) is 5.91. The van der Waals surface area contributed by atoms with Crippen molar-refractivity contribution in [2.75, 3.05) is 45.8 Å². The number of piperazine rings is 1. The number of rotatable bonds is 4. The van der Waals surface area contributed by atoms with Crippen molar-refractivity contribution in [3.05, 3.63) is 35.4 Å². The van der Waals surface area contributed by atoms with E-state index in [4.69, 9.17) is 0 Å². The number of likely N-dealkylation sites (tertiary alicyclic amines) is 1. The van der Waals surface area contributed by atoms with Crippen LogP contribution in [0.25, 0.3) is 0 Å². The Morgan fingerprint density at radius 3 is 2.40 bits per heavy atom. The number of benzene rings is 1. The molecule has 1 N–H and O–H groups in total. The SMILES string of the molecule is Cc1cccc(CNC(=O)N2CCN(CC(=O)N3CCCC3)CC2)c1. The summed E-state index contributed by atoms with van der Waals surface area (Å²) >= 11 is 0. The summed E-state index contributed by atoms with van der Waals surface area (Å²) < 4.78 is 0. The summed E-state index contributed by atoms with van der Waals surface area (Å²) in [5.74, 6) is 0.231. The van der Waals surface area contributed by atoms with Crippen molar-refractivity contribution in [3.8, 4) is 0 Å². The van der Waals surface area contributed by atoms with Crippen LogP contribution in [-0.4, -0.2) is 72.5 Å². The van der Waals surface area contributed by atoms with Crippen LogP contribution in [0.1, 0.15) is 24.0 Å². The summed E-state index contributed by atoms with van der Waals surface area (Å²) in [6.07, 6.45) is 2.25. The van der Waals surface area contributed by atoms with Crippen molar-refractivity contribution in [1.29, 1.82) is 0 Å². The van der Waals surface area contributed by atoms with E-state index in [9.17, 15) is 9.59 Å². The van der Waals surface area contributed by atoms with E-state index in [1.54, 1.807) is 0 Å². The molecular formula is C19H28N4O2. The second-order valence-electron chi connectivity index (χ2n) is 7.00. The molecule has 0 unspecified atom stereocenters. The van der Waals surface area contributed by atoms with Crippen LogP contribution in [0.2, 0.25) is 0 Å². The molecule has 0 bridgehead atoms. The lowest BCUT2D eigenvalue weighted by Gasteiger charge is -2.35. The molecule has 0 atom stereocenters. The molecule has 6 heteroatoms. The van der Waals surface area contributed by atoms with Crippen LogP contribution in [-0.2, 0) is 11.3 Å². The number of hydrogen-bond acceptors (Lipinski definition) is 3. The quantitative estimate of drug-likeness (QED) is 0.899. The number of hydrogen-bond donors (Lipinski definition) is 1. The fraction of sp³-hybridized carbons (Fsp3) is 0.579. The van der Waals surface area contributed by atoms with Crippen LogP contribution in [0, 0.1) is 6.92 Å². The number of carbonyl (C=O) groups excluding carboxylic acids is 2. The minimum absolute atomic E-state index is 0.0213. The summed E-state index contributed by atoms with van der Waals surface area (Å²) in [7, 11) is 0. The highest BCUT2D eigenvalue weighted by Crippen LogP contribution is 2.10. The van der Waals surface area contributed by atoms with Gasteiger partial charge in [0.15, 0.2) is 0 Å². The molecule has 6 nitrogen and oxygen atoms in total. The van der Waals surface area contributed by atoms with E-state index < -0.39 is 0 Å². The highest BCUT2D eigenvalue weighted by atomic mass is 16.2. The Bertz CT molecular complexity index is 605. The number of amides is 3. The number of aryl methyl sites for hydroxylation is 1. The zero-order chi connectivity index (χ0) is 17.6. The third kappa shape index (κ3) is 4.95. The van der Waals surface area contributed by atoms with Gasteiger partial charge in [0.05, 0.1) is 6.54 Å². The topological polar surface area (TPSA) is 55.9 Å². The van der Waals surface area contributed by atoms with Crippen molar-refractivity contribution in [2.24, 2.45) is 0 Å². The summed E-state index contributed by atoms with van der Waals surface area (Å²) in [6.45, 7) is 7.76. The van der Waals surface area contributed by atoms with Gasteiger partial charge < -0.3 is 15.1 Å². The van der Waals surface area contributed by atoms with Crippen LogP contribution in [0.4, 0.5) is 4.79 Å². The molecule has 2 fully saturated rings. The maximum atomic E-state index is 12.3. The van der Waals surface area contributed by atoms with Crippen LogP contribution < -0.4 is 5.32 Å². The smallest absolute Gasteiger partial charge is 0.317 e. The van der Waals surface area contributed by atoms with E-state index in [1.165, 1.54) is 5.56 Å². The van der Waals surface area contributed by atoms with Crippen molar-refractivity contribution in [3.63, 3.8) is 0 Å². The van der Waals surface area contributed by atoms with E-state index in [2.05, 4.69) is 16.3 Å². The first-order chi connectivity index (χ1) is 12.1. The van der Waals surface area contributed by atoms with Crippen molar-refractivity contribution in [1.82, 2.24) is 20.0 Å². The third-order valence-electron chi connectivity index (χ3n) is 5.00. The van der Waals surface area contributed by atoms with Gasteiger partial charge >= 0.3 is 6.03 Å². The fourth-order valence-corrected chi connectivity index (χ4v) is 3.48. The van der Waals surface area contributed by atoms with Gasteiger partial charge in [0.1, 0.15) is 0 Å². The van der Waals surface area contributed by atoms with Crippen LogP contribution in [0.15, 0.2) is 24.3 Å². The second-order valence-corrected chi connectivity index (χ2v) is 7.00. The Morgan fingerprint density at radius 1 is 1.00 bits per heavy atom. The molecule has 0 saturated carbocycles. The molecule has 2 aliphatic rings. The number of carbonyl (C=O) groups is 2. The van der Waals surface area contributed by atoms with Crippen LogP contribution >= 0.6 is 0 Å². The predicted octanol–water partition coefficient (Wildman–Crippen LogP) is 1.44. The van der Waals surface area contributed by atoms with E-state index in [0.717, 1.165) is 44.6 Å². The van der Waals surface area contributed by atoms with Crippen molar-refractivity contribution in [2.45, 2.75) is 26.3 Å². The average molecular weight is 344 g/mol. The summed E-state index contributed by atoms with van der Waals surface area (Å²) in [5, 5.41) is 2.99. The van der Waals surface area contributed by atoms with Gasteiger partial charge in [0.25, 0.3) is 0 Å². The standard InChI is InChI=1S/C19H28N4O2/c1-16-5-4-6-17(13-16)14-20-19(25)23-11-9-21(10-12-23)15-18(24)22-7-2-3-8-22/h4-6,13H,2-3,7-12,14-15H2,1H3,(H,20,25). The Balaban J connectivity index is 1.39. The Labute approximate surface area is 149 Å². The second kappa shape index (κ2) is 8.34. The zero-order valence-electron chi connectivity index (χ0n) is 15.0. The molecule has 0 aromatic heterocycles. The monoisotopic (exact) mass is 344 g/mol. The normalized spacial score (nSPS) is 18.4. The van der Waals surface area contributed by atoms with Crippen LogP contribution in [0.3, 0.4) is 0 Å². The largest absolute Gasteiger partial charge is 0.342 e. The fourth-order valence-electron chi connectivity index (χ4n) is 3.48. The highest BCUT2D eigenvalue weighted by molar-refractivity contribution is 5.78. The van der Waals surface area contributed by atoms with Crippen molar-refractivity contribution < 1.29 is 9.59 Å². The molecule has 136 valence electrons. The van der Waals surface area contributed by atoms with Crippen molar-refractivity contribution >= 4 is 11.9 Å². The van der Waals surface area contributed by atoms with Crippen LogP contribution in [0.5, 0.6) is 0 Å². The molecule has 1 aromatic rings. The van der Waals surface area contributed by atoms with E-state index in [1.807, 2.05) is 34.9 Å². The van der Waals surface area contributed by atoms with Gasteiger partial charge in [-0.15, -0.1) is 0 Å². The molecule has 2 saturated heterocycles. The summed E-state index contributed by atoms with van der Waals surface area (Å²) in [4.78, 5) is 30.5. The molecular weight excluding hydrogens is 316 g/mol. The number of nitrogens with zero attached hydrogens (tertiary/aromatic N) is 3. The molecule has 3 rings (SSSR count). The molecule has 1 aromatic carbocycles. The van der Waals surface area contributed by atoms with Gasteiger partial charge in [-0.1, -0.05) is 29.8 Å². The molecule has 2 aliphatic heterocycles. The summed E-state index contributed by atoms with van der Waals surface area (Å²) in [5.41, 5.74) is 2.31. The van der Waals surface area contributed by atoms with Gasteiger partial charge in [-0.2, -0.15) is 0 Å². The third-order valence-corrected chi connectivity index (χ3v) is 5.00. The Morgan fingerprint density at radius 2 is 1.72 bits per heavy atom. The van der Waals surface area contributed by atoms with Gasteiger partial charge in [0.2, 0.25) is 5.91 Å². The molecule has 2 heterocycles. The van der Waals surface area contributed by atoms with E-state index >= 15 is 0 Å².